The molecule has 3 N–H and O–H groups in total. The second kappa shape index (κ2) is 6.36. The summed E-state index contributed by atoms with van der Waals surface area (Å²) >= 11 is 0. The summed E-state index contributed by atoms with van der Waals surface area (Å²) < 4.78 is 0. The third-order valence-corrected chi connectivity index (χ3v) is 4.60. The maximum atomic E-state index is 12.5. The van der Waals surface area contributed by atoms with Crippen molar-refractivity contribution in [3.8, 4) is 0 Å². The number of anilines is 1. The van der Waals surface area contributed by atoms with Crippen LogP contribution < -0.4 is 11.1 Å². The van der Waals surface area contributed by atoms with E-state index < -0.39 is 0 Å². The van der Waals surface area contributed by atoms with Crippen molar-refractivity contribution in [2.45, 2.75) is 25.8 Å². The first-order valence-electron chi connectivity index (χ1n) is 7.94. The lowest BCUT2D eigenvalue weighted by atomic mass is 9.91. The Labute approximate surface area is 131 Å². The second-order valence-electron chi connectivity index (χ2n) is 6.14. The van der Waals surface area contributed by atoms with Gasteiger partial charge in [0, 0.05) is 24.5 Å². The number of hydrogen-bond acceptors (Lipinski definition) is 2. The molecular weight excluding hydrogens is 274 g/mol. The summed E-state index contributed by atoms with van der Waals surface area (Å²) in [5.74, 6) is 0.529. The number of nitrogens with zero attached hydrogens (tertiary/aromatic N) is 1. The average Bonchev–Trinajstić information content (AvgIpc) is 2.55. The van der Waals surface area contributed by atoms with E-state index in [9.17, 15) is 4.79 Å². The van der Waals surface area contributed by atoms with Crippen LogP contribution in [0.3, 0.4) is 0 Å². The van der Waals surface area contributed by atoms with Crippen molar-refractivity contribution >= 4 is 22.5 Å². The first-order chi connectivity index (χ1) is 10.6. The van der Waals surface area contributed by atoms with Gasteiger partial charge in [0.1, 0.15) is 0 Å². The van der Waals surface area contributed by atoms with Gasteiger partial charge in [-0.3, -0.25) is 0 Å². The van der Waals surface area contributed by atoms with Crippen molar-refractivity contribution in [1.29, 1.82) is 0 Å². The molecule has 1 fully saturated rings. The molecule has 0 aliphatic carbocycles. The van der Waals surface area contributed by atoms with E-state index in [1.54, 1.807) is 0 Å². The second-order valence-corrected chi connectivity index (χ2v) is 6.14. The molecule has 4 heteroatoms. The van der Waals surface area contributed by atoms with Crippen LogP contribution in [-0.2, 0) is 0 Å². The lowest BCUT2D eigenvalue weighted by molar-refractivity contribution is 0.176. The molecule has 4 nitrogen and oxygen atoms in total. The van der Waals surface area contributed by atoms with Crippen molar-refractivity contribution < 1.29 is 4.79 Å². The van der Waals surface area contributed by atoms with Crippen LogP contribution in [0.4, 0.5) is 10.5 Å². The van der Waals surface area contributed by atoms with Gasteiger partial charge in [0.2, 0.25) is 0 Å². The lowest BCUT2D eigenvalue weighted by Crippen LogP contribution is -2.44. The van der Waals surface area contributed by atoms with Crippen molar-refractivity contribution in [1.82, 2.24) is 4.90 Å². The molecule has 3 rings (SSSR count). The molecule has 116 valence electrons. The maximum Gasteiger partial charge on any atom is 0.321 e. The van der Waals surface area contributed by atoms with Crippen LogP contribution in [0.1, 0.15) is 19.8 Å². The molecule has 0 saturated carbocycles. The van der Waals surface area contributed by atoms with Gasteiger partial charge in [0.05, 0.1) is 5.69 Å². The number of benzene rings is 2. The molecule has 1 atom stereocenters. The van der Waals surface area contributed by atoms with Gasteiger partial charge in [0.15, 0.2) is 0 Å². The van der Waals surface area contributed by atoms with Gasteiger partial charge in [-0.25, -0.2) is 4.79 Å². The van der Waals surface area contributed by atoms with E-state index in [-0.39, 0.29) is 12.1 Å². The molecule has 1 aliphatic rings. The number of rotatable bonds is 2. The standard InChI is InChI=1S/C18H23N3O/c1-13(19)14-9-11-21(12-10-14)18(22)20-17-8-4-6-15-5-2-3-7-16(15)17/h2-8,13-14H,9-12,19H2,1H3,(H,20,22). The summed E-state index contributed by atoms with van der Waals surface area (Å²) in [7, 11) is 0. The van der Waals surface area contributed by atoms with Crippen LogP contribution in [0.5, 0.6) is 0 Å². The molecule has 2 amide bonds. The SMILES string of the molecule is CC(N)C1CCN(C(=O)Nc2cccc3ccccc23)CC1. The Balaban J connectivity index is 1.69. The normalized spacial score (nSPS) is 17.5. The van der Waals surface area contributed by atoms with Crippen LogP contribution in [0.2, 0.25) is 0 Å². The van der Waals surface area contributed by atoms with E-state index in [2.05, 4.69) is 24.4 Å². The highest BCUT2D eigenvalue weighted by molar-refractivity contribution is 6.01. The summed E-state index contributed by atoms with van der Waals surface area (Å²) in [5, 5.41) is 5.26. The molecule has 0 bridgehead atoms. The Bertz CT molecular complexity index is 655. The molecule has 1 saturated heterocycles. The fourth-order valence-corrected chi connectivity index (χ4v) is 3.16. The Hall–Kier alpha value is -2.07. The lowest BCUT2D eigenvalue weighted by Gasteiger charge is -2.33. The quantitative estimate of drug-likeness (QED) is 0.892. The maximum absolute atomic E-state index is 12.5. The van der Waals surface area contributed by atoms with Gasteiger partial charge >= 0.3 is 6.03 Å². The number of urea groups is 1. The van der Waals surface area contributed by atoms with Crippen LogP contribution >= 0.6 is 0 Å². The largest absolute Gasteiger partial charge is 0.328 e. The van der Waals surface area contributed by atoms with Crippen LogP contribution in [0.25, 0.3) is 10.8 Å². The van der Waals surface area contributed by atoms with Crippen LogP contribution in [0.15, 0.2) is 42.5 Å². The molecule has 2 aromatic rings. The molecule has 0 spiro atoms. The third-order valence-electron chi connectivity index (χ3n) is 4.60. The molecule has 1 aliphatic heterocycles. The molecule has 0 aromatic heterocycles. The van der Waals surface area contributed by atoms with E-state index in [0.29, 0.717) is 5.92 Å². The van der Waals surface area contributed by atoms with Crippen molar-refractivity contribution in [2.24, 2.45) is 11.7 Å². The molecule has 0 radical (unpaired) electrons. The van der Waals surface area contributed by atoms with E-state index in [1.165, 1.54) is 0 Å². The summed E-state index contributed by atoms with van der Waals surface area (Å²) in [6.45, 7) is 3.61. The predicted octanol–water partition coefficient (Wildman–Crippen LogP) is 3.43. The number of hydrogen-bond donors (Lipinski definition) is 2. The molecule has 1 heterocycles. The summed E-state index contributed by atoms with van der Waals surface area (Å²) in [5.41, 5.74) is 6.83. The highest BCUT2D eigenvalue weighted by atomic mass is 16.2. The number of carbonyl (C=O) groups is 1. The molecule has 2 aromatic carbocycles. The summed E-state index contributed by atoms with van der Waals surface area (Å²) in [6, 6.07) is 14.3. The third kappa shape index (κ3) is 3.07. The topological polar surface area (TPSA) is 58.4 Å². The number of nitrogens with one attached hydrogen (secondary N) is 1. The predicted molar refractivity (Wildman–Crippen MR) is 90.9 cm³/mol. The van der Waals surface area contributed by atoms with Gasteiger partial charge in [-0.1, -0.05) is 36.4 Å². The number of carbonyl (C=O) groups excluding carboxylic acids is 1. The van der Waals surface area contributed by atoms with Gasteiger partial charge < -0.3 is 16.0 Å². The van der Waals surface area contributed by atoms with Gasteiger partial charge in [-0.05, 0) is 37.1 Å². The number of likely N-dealkylation sites (tertiary alicyclic amines) is 1. The zero-order valence-electron chi connectivity index (χ0n) is 13.0. The van der Waals surface area contributed by atoms with Crippen molar-refractivity contribution in [2.75, 3.05) is 18.4 Å². The number of amides is 2. The first kappa shape index (κ1) is 14.9. The van der Waals surface area contributed by atoms with E-state index in [0.717, 1.165) is 42.4 Å². The molecule has 1 unspecified atom stereocenters. The van der Waals surface area contributed by atoms with Gasteiger partial charge in [0.25, 0.3) is 0 Å². The van der Waals surface area contributed by atoms with Gasteiger partial charge in [-0.15, -0.1) is 0 Å². The first-order valence-corrected chi connectivity index (χ1v) is 7.94. The number of piperidine rings is 1. The fraction of sp³-hybridized carbons (Fsp3) is 0.389. The fourth-order valence-electron chi connectivity index (χ4n) is 3.16. The van der Waals surface area contributed by atoms with Gasteiger partial charge in [-0.2, -0.15) is 0 Å². The minimum absolute atomic E-state index is 0.0144. The number of nitrogens with two attached hydrogens (primary N) is 1. The minimum Gasteiger partial charge on any atom is -0.328 e. The van der Waals surface area contributed by atoms with E-state index in [1.807, 2.05) is 35.2 Å². The minimum atomic E-state index is -0.0144. The van der Waals surface area contributed by atoms with Crippen molar-refractivity contribution in [3.05, 3.63) is 42.5 Å². The Kier molecular flexibility index (Phi) is 4.29. The van der Waals surface area contributed by atoms with E-state index in [4.69, 9.17) is 5.73 Å². The van der Waals surface area contributed by atoms with Crippen molar-refractivity contribution in [3.63, 3.8) is 0 Å². The van der Waals surface area contributed by atoms with Crippen LogP contribution in [-0.4, -0.2) is 30.1 Å². The summed E-state index contributed by atoms with van der Waals surface area (Å²) in [4.78, 5) is 14.4. The Morgan fingerprint density at radius 1 is 1.18 bits per heavy atom. The summed E-state index contributed by atoms with van der Waals surface area (Å²) in [6.07, 6.45) is 1.97. The van der Waals surface area contributed by atoms with E-state index >= 15 is 0 Å². The highest BCUT2D eigenvalue weighted by Gasteiger charge is 2.24. The zero-order valence-corrected chi connectivity index (χ0v) is 13.0. The Morgan fingerprint density at radius 2 is 1.86 bits per heavy atom. The molecule has 22 heavy (non-hydrogen) atoms. The highest BCUT2D eigenvalue weighted by Crippen LogP contribution is 2.24. The Morgan fingerprint density at radius 3 is 2.59 bits per heavy atom. The average molecular weight is 297 g/mol. The number of fused-ring (bicyclic) bond motifs is 1. The zero-order chi connectivity index (χ0) is 15.5. The molecular formula is C18H23N3O. The monoisotopic (exact) mass is 297 g/mol. The smallest absolute Gasteiger partial charge is 0.321 e. The van der Waals surface area contributed by atoms with Crippen LogP contribution in [0, 0.1) is 5.92 Å².